The molecule has 6 nitrogen and oxygen atoms in total. The summed E-state index contributed by atoms with van der Waals surface area (Å²) < 4.78 is 0. The topological polar surface area (TPSA) is 76.8 Å². The molecule has 1 aromatic carbocycles. The van der Waals surface area contributed by atoms with E-state index in [0.717, 1.165) is 35.5 Å². The number of aromatic nitrogens is 3. The van der Waals surface area contributed by atoms with Crippen LogP contribution < -0.4 is 15.9 Å². The van der Waals surface area contributed by atoms with Crippen LogP contribution in [0, 0.1) is 0 Å². The lowest BCUT2D eigenvalue weighted by molar-refractivity contribution is 0.614. The van der Waals surface area contributed by atoms with Gasteiger partial charge in [-0.2, -0.15) is 0 Å². The van der Waals surface area contributed by atoms with E-state index in [9.17, 15) is 4.79 Å². The molecule has 1 atom stereocenters. The molecule has 3 N–H and O–H groups in total. The van der Waals surface area contributed by atoms with Crippen molar-refractivity contribution in [3.8, 4) is 0 Å². The number of fused-ring (bicyclic) bond motifs is 1. The first-order valence-electron chi connectivity index (χ1n) is 8.08. The van der Waals surface area contributed by atoms with Crippen molar-refractivity contribution in [2.75, 3.05) is 25.5 Å². The molecule has 0 aliphatic rings. The second kappa shape index (κ2) is 6.88. The highest BCUT2D eigenvalue weighted by Crippen LogP contribution is 2.16. The highest BCUT2D eigenvalue weighted by Gasteiger charge is 2.07. The molecule has 0 spiro atoms. The summed E-state index contributed by atoms with van der Waals surface area (Å²) in [4.78, 5) is 23.3. The number of aromatic amines is 2. The number of benzene rings is 1. The molecule has 0 saturated heterocycles. The molecule has 0 bridgehead atoms. The normalized spacial score (nSPS) is 12.5. The van der Waals surface area contributed by atoms with Gasteiger partial charge in [-0.15, -0.1) is 0 Å². The molecule has 0 amide bonds. The molecule has 126 valence electrons. The van der Waals surface area contributed by atoms with Crippen molar-refractivity contribution in [3.05, 3.63) is 58.1 Å². The summed E-state index contributed by atoms with van der Waals surface area (Å²) in [6.45, 7) is 3.81. The lowest BCUT2D eigenvalue weighted by atomic mass is 10.0. The van der Waals surface area contributed by atoms with E-state index < -0.39 is 0 Å². The zero-order valence-electron chi connectivity index (χ0n) is 14.3. The van der Waals surface area contributed by atoms with Gasteiger partial charge in [-0.25, -0.2) is 9.78 Å². The fourth-order valence-electron chi connectivity index (χ4n) is 2.69. The Morgan fingerprint density at radius 1 is 1.17 bits per heavy atom. The van der Waals surface area contributed by atoms with E-state index in [1.807, 2.05) is 49.5 Å². The highest BCUT2D eigenvalue weighted by molar-refractivity contribution is 5.74. The number of rotatable bonds is 6. The molecular weight excluding hydrogens is 302 g/mol. The zero-order chi connectivity index (χ0) is 17.1. The average Bonchev–Trinajstić information content (AvgIpc) is 2.94. The van der Waals surface area contributed by atoms with Gasteiger partial charge >= 0.3 is 5.69 Å². The maximum Gasteiger partial charge on any atom is 0.323 e. The van der Waals surface area contributed by atoms with E-state index in [-0.39, 0.29) is 5.69 Å². The van der Waals surface area contributed by atoms with E-state index in [2.05, 4.69) is 33.3 Å². The largest absolute Gasteiger partial charge is 0.363 e. The van der Waals surface area contributed by atoms with E-state index in [4.69, 9.17) is 0 Å². The van der Waals surface area contributed by atoms with E-state index >= 15 is 0 Å². The summed E-state index contributed by atoms with van der Waals surface area (Å²) in [6.07, 6.45) is 1.94. The lowest BCUT2D eigenvalue weighted by Crippen LogP contribution is -2.20. The highest BCUT2D eigenvalue weighted by atomic mass is 16.1. The lowest BCUT2D eigenvalue weighted by Gasteiger charge is -2.15. The van der Waals surface area contributed by atoms with Gasteiger partial charge in [0.25, 0.3) is 0 Å². The van der Waals surface area contributed by atoms with E-state index in [0.29, 0.717) is 5.92 Å². The monoisotopic (exact) mass is 325 g/mol. The average molecular weight is 325 g/mol. The molecule has 3 aromatic rings. The number of imidazole rings is 1. The maximum absolute atomic E-state index is 11.3. The summed E-state index contributed by atoms with van der Waals surface area (Å²) in [5, 5.41) is 3.47. The van der Waals surface area contributed by atoms with Crippen LogP contribution in [-0.4, -0.2) is 35.6 Å². The molecule has 0 aliphatic carbocycles. The summed E-state index contributed by atoms with van der Waals surface area (Å²) in [7, 11) is 3.98. The van der Waals surface area contributed by atoms with Gasteiger partial charge in [0.05, 0.1) is 11.0 Å². The summed E-state index contributed by atoms with van der Waals surface area (Å²) in [5.74, 6) is 1.34. The smallest absolute Gasteiger partial charge is 0.323 e. The second-order valence-electron chi connectivity index (χ2n) is 6.34. The number of nitrogens with one attached hydrogen (secondary N) is 3. The van der Waals surface area contributed by atoms with Crippen LogP contribution in [-0.2, 0) is 6.54 Å². The molecule has 2 heterocycles. The van der Waals surface area contributed by atoms with Gasteiger partial charge in [-0.05, 0) is 35.2 Å². The Kier molecular flexibility index (Phi) is 4.66. The van der Waals surface area contributed by atoms with Crippen LogP contribution in [0.15, 0.2) is 41.3 Å². The molecule has 2 aromatic heterocycles. The minimum atomic E-state index is -0.169. The van der Waals surface area contributed by atoms with Gasteiger partial charge in [0, 0.05) is 33.4 Å². The van der Waals surface area contributed by atoms with Crippen molar-refractivity contribution in [1.82, 2.24) is 20.3 Å². The van der Waals surface area contributed by atoms with Crippen LogP contribution in [0.3, 0.4) is 0 Å². The Morgan fingerprint density at radius 3 is 2.67 bits per heavy atom. The van der Waals surface area contributed by atoms with Crippen molar-refractivity contribution in [3.63, 3.8) is 0 Å². The summed E-state index contributed by atoms with van der Waals surface area (Å²) in [5.41, 5.74) is 3.88. The van der Waals surface area contributed by atoms with Crippen molar-refractivity contribution in [1.29, 1.82) is 0 Å². The van der Waals surface area contributed by atoms with E-state index in [1.54, 1.807) is 0 Å². The van der Waals surface area contributed by atoms with Crippen molar-refractivity contribution >= 4 is 16.9 Å². The quantitative estimate of drug-likeness (QED) is 0.649. The third kappa shape index (κ3) is 3.65. The molecule has 0 fully saturated rings. The van der Waals surface area contributed by atoms with Crippen LogP contribution in [0.25, 0.3) is 11.0 Å². The van der Waals surface area contributed by atoms with Gasteiger partial charge in [0.15, 0.2) is 0 Å². The van der Waals surface area contributed by atoms with Crippen molar-refractivity contribution in [2.45, 2.75) is 19.4 Å². The van der Waals surface area contributed by atoms with Crippen LogP contribution in [0.2, 0.25) is 0 Å². The molecule has 0 aliphatic heterocycles. The summed E-state index contributed by atoms with van der Waals surface area (Å²) >= 11 is 0. The predicted molar refractivity (Wildman–Crippen MR) is 97.6 cm³/mol. The van der Waals surface area contributed by atoms with E-state index in [1.165, 1.54) is 5.56 Å². The van der Waals surface area contributed by atoms with Crippen molar-refractivity contribution in [2.24, 2.45) is 0 Å². The fourth-order valence-corrected chi connectivity index (χ4v) is 2.69. The van der Waals surface area contributed by atoms with Crippen LogP contribution in [0.5, 0.6) is 0 Å². The molecule has 1 unspecified atom stereocenters. The minimum Gasteiger partial charge on any atom is -0.363 e. The second-order valence-corrected chi connectivity index (χ2v) is 6.34. The maximum atomic E-state index is 11.3. The first kappa shape index (κ1) is 16.3. The van der Waals surface area contributed by atoms with Gasteiger partial charge < -0.3 is 20.2 Å². The number of nitrogens with zero attached hydrogens (tertiary/aromatic N) is 2. The van der Waals surface area contributed by atoms with Crippen molar-refractivity contribution < 1.29 is 0 Å². The molecule has 3 rings (SSSR count). The predicted octanol–water partition coefficient (Wildman–Crippen LogP) is 2.21. The molecule has 24 heavy (non-hydrogen) atoms. The fraction of sp³-hybridized carbons (Fsp3) is 0.333. The Morgan fingerprint density at radius 2 is 1.96 bits per heavy atom. The zero-order valence-corrected chi connectivity index (χ0v) is 14.3. The Balaban J connectivity index is 1.57. The molecule has 0 radical (unpaired) electrons. The van der Waals surface area contributed by atoms with Gasteiger partial charge in [-0.3, -0.25) is 0 Å². The molecular formula is C18H23N5O. The number of anilines is 1. The Labute approximate surface area is 140 Å². The van der Waals surface area contributed by atoms with Gasteiger partial charge in [0.2, 0.25) is 0 Å². The van der Waals surface area contributed by atoms with Crippen LogP contribution in [0.1, 0.15) is 24.0 Å². The first-order chi connectivity index (χ1) is 11.5. The third-order valence-electron chi connectivity index (χ3n) is 4.16. The van der Waals surface area contributed by atoms with Gasteiger partial charge in [0.1, 0.15) is 5.82 Å². The molecule has 0 saturated carbocycles. The summed E-state index contributed by atoms with van der Waals surface area (Å²) in [6, 6.07) is 10.1. The molecule has 6 heteroatoms. The third-order valence-corrected chi connectivity index (χ3v) is 4.16. The Bertz CT molecular complexity index is 863. The van der Waals surface area contributed by atoms with Crippen LogP contribution in [0.4, 0.5) is 5.82 Å². The SMILES string of the molecule is CC(CNCc1ccc2[nH]c(=O)[nH]c2c1)c1ccc(N(C)C)nc1. The number of hydrogen-bond acceptors (Lipinski definition) is 4. The minimum absolute atomic E-state index is 0.169. The Hall–Kier alpha value is -2.60. The standard InChI is InChI=1S/C18H23N5O/c1-12(14-5-7-17(20-11-14)23(2)3)9-19-10-13-4-6-15-16(8-13)22-18(24)21-15/h4-8,11-12,19H,9-10H2,1-3H3,(H2,21,22,24). The first-order valence-corrected chi connectivity index (χ1v) is 8.08. The number of pyridine rings is 1. The number of hydrogen-bond donors (Lipinski definition) is 3. The van der Waals surface area contributed by atoms with Gasteiger partial charge in [-0.1, -0.05) is 19.1 Å². The van der Waals surface area contributed by atoms with Crippen LogP contribution >= 0.6 is 0 Å². The number of H-pyrrole nitrogens is 2.